The number of carbonyl (C=O) groups excluding carboxylic acids is 2. The molecule has 0 saturated carbocycles. The number of ether oxygens (including phenoxy) is 4. The summed E-state index contributed by atoms with van der Waals surface area (Å²) in [4.78, 5) is 56.4. The summed E-state index contributed by atoms with van der Waals surface area (Å²) in [7, 11) is 0. The fourth-order valence-electron chi connectivity index (χ4n) is 14.2. The highest BCUT2D eigenvalue weighted by atomic mass is 32.1. The van der Waals surface area contributed by atoms with Crippen LogP contribution in [0.4, 0.5) is 21.0 Å². The lowest BCUT2D eigenvalue weighted by molar-refractivity contribution is -0.0558. The number of hydrogen-bond donors (Lipinski definition) is 6. The molecule has 8 aliphatic rings. The predicted molar refractivity (Wildman–Crippen MR) is 394 cm³/mol. The van der Waals surface area contributed by atoms with Crippen molar-refractivity contribution in [3.8, 4) is 44.8 Å². The highest BCUT2D eigenvalue weighted by Gasteiger charge is 2.48. The third-order valence-corrected chi connectivity index (χ3v) is 18.9. The average molecular weight is 1350 g/mol. The Morgan fingerprint density at radius 3 is 1.35 bits per heavy atom. The van der Waals surface area contributed by atoms with Gasteiger partial charge in [0.05, 0.1) is 74.4 Å². The molecule has 8 aromatic rings. The molecule has 94 heavy (non-hydrogen) atoms. The minimum atomic E-state index is -0.567. The third-order valence-electron chi connectivity index (χ3n) is 18.9. The van der Waals surface area contributed by atoms with Gasteiger partial charge in [-0.1, -0.05) is 72.8 Å². The molecule has 10 heterocycles. The SMILES string of the molecule is CC(C)(C)OC(=O)N1CCC[C@H]1C1=NC2(COC2)c2ccc(-c3ccc4cc(-c5cnc([C@@H]6CCCN6C(=O)OC(C)(C)C)[nH]5)ccc4c3)cc2N1.S.S.S.S.c1cc2c(cc1-c1ccc3cc(-c4cnc([C@@H]5CCCN5)[nH]4)ccc3c1)NC([C@@H]1CCCN1)=NC21COC1. The van der Waals surface area contributed by atoms with E-state index in [1.807, 2.05) is 58.8 Å². The van der Waals surface area contributed by atoms with E-state index in [0.717, 1.165) is 131 Å². The van der Waals surface area contributed by atoms with Crippen LogP contribution in [0.15, 0.2) is 132 Å². The van der Waals surface area contributed by atoms with Gasteiger partial charge in [-0.25, -0.2) is 19.6 Å². The number of aromatic amines is 2. The van der Waals surface area contributed by atoms with E-state index in [-0.39, 0.29) is 83.8 Å². The van der Waals surface area contributed by atoms with Crippen molar-refractivity contribution in [2.24, 2.45) is 9.98 Å². The number of amides is 2. The Hall–Kier alpha value is -7.02. The fourth-order valence-corrected chi connectivity index (χ4v) is 14.2. The number of carbonyl (C=O) groups is 2. The second-order valence-electron chi connectivity index (χ2n) is 27.7. The first kappa shape index (κ1) is 68.4. The third kappa shape index (κ3) is 13.5. The second-order valence-corrected chi connectivity index (χ2v) is 27.7. The molecule has 496 valence electrons. The van der Waals surface area contributed by atoms with E-state index in [9.17, 15) is 9.59 Å². The molecule has 0 radical (unpaired) electrons. The van der Waals surface area contributed by atoms with E-state index in [0.29, 0.717) is 51.6 Å². The van der Waals surface area contributed by atoms with Gasteiger partial charge < -0.3 is 50.2 Å². The van der Waals surface area contributed by atoms with Crippen LogP contribution in [0, 0.1) is 0 Å². The first-order valence-corrected chi connectivity index (χ1v) is 32.3. The summed E-state index contributed by atoms with van der Waals surface area (Å²) in [5, 5.41) is 19.1. The lowest BCUT2D eigenvalue weighted by atomic mass is 9.84. The number of aliphatic imine (C=N–C) groups is 2. The summed E-state index contributed by atoms with van der Waals surface area (Å²) in [6.45, 7) is 17.1. The second kappa shape index (κ2) is 27.2. The van der Waals surface area contributed by atoms with Crippen molar-refractivity contribution in [1.29, 1.82) is 0 Å². The van der Waals surface area contributed by atoms with Gasteiger partial charge in [-0.3, -0.25) is 19.8 Å². The quantitative estimate of drug-likeness (QED) is 0.0840. The summed E-state index contributed by atoms with van der Waals surface area (Å²) >= 11 is 0. The molecular formula is C72H88N12O6S4. The van der Waals surface area contributed by atoms with Crippen LogP contribution in [0.1, 0.15) is 128 Å². The molecule has 0 bridgehead atoms. The normalized spacial score (nSPS) is 21.3. The highest BCUT2D eigenvalue weighted by molar-refractivity contribution is 7.59. The zero-order valence-corrected chi connectivity index (χ0v) is 58.3. The Balaban J connectivity index is 0.000000191. The summed E-state index contributed by atoms with van der Waals surface area (Å²) in [6.07, 6.45) is 11.4. The monoisotopic (exact) mass is 1340 g/mol. The number of nitrogens with zero attached hydrogens (tertiary/aromatic N) is 6. The first-order chi connectivity index (χ1) is 43.5. The number of nitrogens with one attached hydrogen (secondary N) is 6. The van der Waals surface area contributed by atoms with Gasteiger partial charge in [-0.2, -0.15) is 54.0 Å². The minimum absolute atomic E-state index is 0. The zero-order valence-electron chi connectivity index (χ0n) is 54.3. The van der Waals surface area contributed by atoms with Crippen molar-refractivity contribution in [3.05, 3.63) is 144 Å². The molecule has 4 atom stereocenters. The first-order valence-electron chi connectivity index (χ1n) is 32.3. The van der Waals surface area contributed by atoms with Gasteiger partial charge in [0.15, 0.2) is 0 Å². The van der Waals surface area contributed by atoms with Crippen molar-refractivity contribution in [2.45, 2.75) is 139 Å². The van der Waals surface area contributed by atoms with Crippen molar-refractivity contribution in [1.82, 2.24) is 40.4 Å². The number of benzene rings is 6. The van der Waals surface area contributed by atoms with Crippen molar-refractivity contribution < 1.29 is 28.5 Å². The number of fused-ring (bicyclic) bond motifs is 6. The molecule has 2 aromatic heterocycles. The van der Waals surface area contributed by atoms with E-state index >= 15 is 0 Å². The Kier molecular flexibility index (Phi) is 19.8. The molecular weight excluding hydrogens is 1260 g/mol. The highest BCUT2D eigenvalue weighted by Crippen LogP contribution is 2.46. The van der Waals surface area contributed by atoms with E-state index in [1.54, 1.807) is 4.90 Å². The number of imidazole rings is 2. The van der Waals surface area contributed by atoms with Crippen molar-refractivity contribution in [2.75, 3.05) is 63.2 Å². The van der Waals surface area contributed by atoms with Gasteiger partial charge >= 0.3 is 12.2 Å². The molecule has 22 heteroatoms. The Morgan fingerprint density at radius 1 is 0.479 bits per heavy atom. The Bertz CT molecular complexity index is 4180. The predicted octanol–water partition coefficient (Wildman–Crippen LogP) is 14.0. The number of amidine groups is 2. The van der Waals surface area contributed by atoms with Crippen molar-refractivity contribution in [3.63, 3.8) is 0 Å². The maximum Gasteiger partial charge on any atom is 0.410 e. The zero-order chi connectivity index (χ0) is 61.5. The van der Waals surface area contributed by atoms with Crippen LogP contribution in [-0.2, 0) is 30.0 Å². The molecule has 6 aromatic carbocycles. The molecule has 0 unspecified atom stereocenters. The van der Waals surface area contributed by atoms with Crippen LogP contribution < -0.4 is 21.3 Å². The lowest BCUT2D eigenvalue weighted by Gasteiger charge is -2.44. The number of rotatable bonds is 8. The standard InChI is InChI=1S/C41H48N6O5.C31H32N6O.4H2S/c1-39(2,3)51-37(48)46-17-7-9-33(46)35-42-22-32(44-35)29-14-13-25-19-26(11-12-27(25)20-29)28-15-16-30-31(21-28)43-36(45-41(30)23-50-24-41)34-10-8-18-47(34)38(49)52-40(4,5)6;1-3-25(32-11-1)29-34-16-28(36-29)23-8-7-19-13-20(5-6-21(19)14-23)22-9-10-24-27(15-22)35-30(26-4-2-12-33-26)37-31(24)17-38-18-31;;;;/h11-16,19-22,33-34H,7-10,17-18,23-24H2,1-6H3,(H,42,44)(H,43,45);5-10,13-16,25-26,32-33H,1-4,11-12,17-18H2,(H,34,36)(H,35,37);4*1H2/t33-,34-;25-,26-;;;;/m00..../s1. The Morgan fingerprint density at radius 2 is 0.883 bits per heavy atom. The Labute approximate surface area is 577 Å². The molecule has 2 spiro atoms. The molecule has 6 fully saturated rings. The molecule has 2 amide bonds. The average Bonchev–Trinajstić information content (AvgIpc) is 0.889. The van der Waals surface area contributed by atoms with Gasteiger partial charge in [0.2, 0.25) is 0 Å². The van der Waals surface area contributed by atoms with Crippen LogP contribution in [0.5, 0.6) is 0 Å². The molecule has 6 saturated heterocycles. The van der Waals surface area contributed by atoms with Crippen LogP contribution in [0.3, 0.4) is 0 Å². The van der Waals surface area contributed by atoms with Gasteiger partial charge in [-0.05, 0) is 186 Å². The van der Waals surface area contributed by atoms with Crippen LogP contribution in [-0.4, -0.2) is 129 Å². The number of likely N-dealkylation sites (tertiary alicyclic amines) is 2. The van der Waals surface area contributed by atoms with E-state index < -0.39 is 16.7 Å². The van der Waals surface area contributed by atoms with E-state index in [2.05, 4.69) is 145 Å². The topological polar surface area (TPSA) is 208 Å². The maximum absolute atomic E-state index is 13.2. The molecule has 18 nitrogen and oxygen atoms in total. The number of anilines is 2. The van der Waals surface area contributed by atoms with Crippen LogP contribution >= 0.6 is 54.0 Å². The van der Waals surface area contributed by atoms with E-state index in [4.69, 9.17) is 33.9 Å². The summed E-state index contributed by atoms with van der Waals surface area (Å²) in [6, 6.07) is 40.0. The van der Waals surface area contributed by atoms with Crippen LogP contribution in [0.25, 0.3) is 66.3 Å². The fraction of sp³-hybridized carbons (Fsp3) is 0.417. The summed E-state index contributed by atoms with van der Waals surface area (Å²) in [5.41, 5.74) is 11.5. The van der Waals surface area contributed by atoms with E-state index in [1.165, 1.54) is 45.9 Å². The number of aromatic nitrogens is 4. The smallest absolute Gasteiger partial charge is 0.410 e. The summed E-state index contributed by atoms with van der Waals surface area (Å²) < 4.78 is 22.8. The minimum Gasteiger partial charge on any atom is -0.444 e. The molecule has 6 N–H and O–H groups in total. The number of H-pyrrole nitrogens is 2. The number of hydrogen-bond acceptors (Lipinski definition) is 14. The maximum atomic E-state index is 13.2. The van der Waals surface area contributed by atoms with Gasteiger partial charge in [0.1, 0.15) is 45.6 Å². The molecule has 8 aliphatic heterocycles. The molecule has 0 aliphatic carbocycles. The van der Waals surface area contributed by atoms with Gasteiger partial charge in [0, 0.05) is 46.7 Å². The summed E-state index contributed by atoms with van der Waals surface area (Å²) in [5.74, 6) is 3.69. The van der Waals surface area contributed by atoms with Gasteiger partial charge in [0.25, 0.3) is 0 Å². The molecule has 16 rings (SSSR count). The lowest BCUT2D eigenvalue weighted by Crippen LogP contribution is -2.53. The van der Waals surface area contributed by atoms with Crippen molar-refractivity contribution >= 4 is 111 Å². The largest absolute Gasteiger partial charge is 0.444 e. The van der Waals surface area contributed by atoms with Gasteiger partial charge in [-0.15, -0.1) is 0 Å². The van der Waals surface area contributed by atoms with Crippen LogP contribution in [0.2, 0.25) is 0 Å².